The predicted octanol–water partition coefficient (Wildman–Crippen LogP) is 5.54. The van der Waals surface area contributed by atoms with Gasteiger partial charge in [-0.05, 0) is 56.0 Å². The number of para-hydroxylation sites is 1. The SMILES string of the molecule is CCC1=C(C)/C(=C2/C(=O)C(/C=C3\N(CC)c4ccccc4C3(C)C)=C2O)N=C1C. The minimum atomic E-state index is -0.240. The maximum atomic E-state index is 13.0. The number of benzene rings is 1. The summed E-state index contributed by atoms with van der Waals surface area (Å²) in [6.07, 6.45) is 2.74. The fraction of sp³-hybridized carbons (Fsp3) is 0.360. The third-order valence-corrected chi connectivity index (χ3v) is 6.47. The number of hydrogen-bond acceptors (Lipinski definition) is 4. The van der Waals surface area contributed by atoms with Crippen molar-refractivity contribution in [3.05, 3.63) is 75.4 Å². The lowest BCUT2D eigenvalue weighted by atomic mass is 9.79. The van der Waals surface area contributed by atoms with Crippen LogP contribution in [-0.4, -0.2) is 23.1 Å². The molecule has 0 amide bonds. The van der Waals surface area contributed by atoms with Crippen LogP contribution in [0.4, 0.5) is 5.69 Å². The molecular weight excluding hydrogens is 360 g/mol. The van der Waals surface area contributed by atoms with Gasteiger partial charge in [-0.1, -0.05) is 39.0 Å². The zero-order valence-corrected chi connectivity index (χ0v) is 18.1. The normalized spacial score (nSPS) is 24.5. The highest BCUT2D eigenvalue weighted by Gasteiger charge is 2.43. The van der Waals surface area contributed by atoms with E-state index in [0.717, 1.165) is 35.5 Å². The highest BCUT2D eigenvalue weighted by Crippen LogP contribution is 2.49. The molecule has 0 saturated heterocycles. The zero-order valence-electron chi connectivity index (χ0n) is 18.1. The number of Topliss-reactive ketones (excluding diaryl/α,β-unsaturated/α-hetero) is 1. The molecule has 4 nitrogen and oxygen atoms in total. The van der Waals surface area contributed by atoms with E-state index < -0.39 is 0 Å². The van der Waals surface area contributed by atoms with Gasteiger partial charge in [0.25, 0.3) is 0 Å². The van der Waals surface area contributed by atoms with Crippen LogP contribution in [0.3, 0.4) is 0 Å². The Labute approximate surface area is 172 Å². The molecule has 1 N–H and O–H groups in total. The van der Waals surface area contributed by atoms with E-state index in [0.29, 0.717) is 16.8 Å². The van der Waals surface area contributed by atoms with Crippen molar-refractivity contribution in [2.45, 2.75) is 53.4 Å². The number of fused-ring (bicyclic) bond motifs is 1. The summed E-state index contributed by atoms with van der Waals surface area (Å²) in [5, 5.41) is 10.8. The molecule has 0 spiro atoms. The number of ketones is 1. The molecule has 1 aromatic rings. The summed E-state index contributed by atoms with van der Waals surface area (Å²) in [7, 11) is 0. The standard InChI is InChI=1S/C25H28N2O2/c1-7-16-14(3)22(26-15(16)4)21-23(28)17(24(21)29)13-20-25(5,6)18-11-9-10-12-19(18)27(20)8-2/h9-13,28H,7-8H2,1-6H3/b20-13-,22-21-. The molecule has 4 rings (SSSR count). The van der Waals surface area contributed by atoms with Crippen molar-refractivity contribution in [1.29, 1.82) is 0 Å². The van der Waals surface area contributed by atoms with Gasteiger partial charge in [-0.15, -0.1) is 0 Å². The van der Waals surface area contributed by atoms with Gasteiger partial charge in [-0.2, -0.15) is 0 Å². The average Bonchev–Trinajstić information content (AvgIpc) is 3.09. The van der Waals surface area contributed by atoms with Crippen molar-refractivity contribution >= 4 is 17.2 Å². The fourth-order valence-corrected chi connectivity index (χ4v) is 4.85. The summed E-state index contributed by atoms with van der Waals surface area (Å²) in [4.78, 5) is 19.8. The molecule has 0 atom stereocenters. The number of nitrogens with zero attached hydrogens (tertiary/aromatic N) is 2. The van der Waals surface area contributed by atoms with Crippen molar-refractivity contribution in [3.63, 3.8) is 0 Å². The Kier molecular flexibility index (Phi) is 4.41. The predicted molar refractivity (Wildman–Crippen MR) is 118 cm³/mol. The topological polar surface area (TPSA) is 52.9 Å². The summed E-state index contributed by atoms with van der Waals surface area (Å²) in [6, 6.07) is 8.34. The minimum absolute atomic E-state index is 0.0635. The van der Waals surface area contributed by atoms with E-state index in [1.807, 2.05) is 32.1 Å². The van der Waals surface area contributed by atoms with Crippen LogP contribution in [-0.2, 0) is 10.2 Å². The van der Waals surface area contributed by atoms with Gasteiger partial charge in [-0.25, -0.2) is 0 Å². The minimum Gasteiger partial charge on any atom is -0.506 e. The van der Waals surface area contributed by atoms with E-state index in [-0.39, 0.29) is 17.0 Å². The lowest BCUT2D eigenvalue weighted by Gasteiger charge is -2.28. The molecule has 29 heavy (non-hydrogen) atoms. The molecule has 1 aliphatic carbocycles. The zero-order chi connectivity index (χ0) is 21.1. The van der Waals surface area contributed by atoms with E-state index in [1.165, 1.54) is 11.3 Å². The number of anilines is 1. The van der Waals surface area contributed by atoms with Crippen LogP contribution in [0.5, 0.6) is 0 Å². The van der Waals surface area contributed by atoms with Crippen molar-refractivity contribution < 1.29 is 9.90 Å². The van der Waals surface area contributed by atoms with Crippen LogP contribution < -0.4 is 4.90 Å². The molecule has 1 aromatic carbocycles. The summed E-state index contributed by atoms with van der Waals surface area (Å²) in [5.41, 5.74) is 7.65. The maximum absolute atomic E-state index is 13.0. The number of hydrogen-bond donors (Lipinski definition) is 1. The number of aliphatic imine (C=N–C) groups is 1. The molecule has 0 unspecified atom stereocenters. The van der Waals surface area contributed by atoms with Crippen molar-refractivity contribution in [1.82, 2.24) is 0 Å². The average molecular weight is 389 g/mol. The van der Waals surface area contributed by atoms with Crippen LogP contribution in [0.15, 0.2) is 74.8 Å². The summed E-state index contributed by atoms with van der Waals surface area (Å²) in [5.74, 6) is -0.0605. The number of allylic oxidation sites excluding steroid dienone is 6. The summed E-state index contributed by atoms with van der Waals surface area (Å²) >= 11 is 0. The number of carbonyl (C=O) groups is 1. The van der Waals surface area contributed by atoms with E-state index >= 15 is 0 Å². The number of rotatable bonds is 3. The van der Waals surface area contributed by atoms with E-state index in [4.69, 9.17) is 0 Å². The Morgan fingerprint density at radius 2 is 1.86 bits per heavy atom. The molecule has 2 aliphatic heterocycles. The van der Waals surface area contributed by atoms with E-state index in [2.05, 4.69) is 49.7 Å². The molecule has 2 heterocycles. The summed E-state index contributed by atoms with van der Waals surface area (Å²) < 4.78 is 0. The first-order valence-corrected chi connectivity index (χ1v) is 10.3. The molecule has 0 radical (unpaired) electrons. The Morgan fingerprint density at radius 1 is 1.17 bits per heavy atom. The number of aliphatic hydroxyl groups excluding tert-OH is 1. The molecule has 0 fully saturated rings. The molecule has 150 valence electrons. The van der Waals surface area contributed by atoms with Gasteiger partial charge in [0, 0.05) is 29.1 Å². The van der Waals surface area contributed by atoms with Crippen LogP contribution in [0.25, 0.3) is 0 Å². The molecule has 4 heteroatoms. The molecule has 3 aliphatic rings. The second kappa shape index (κ2) is 6.58. The number of likely N-dealkylation sites (N-methyl/N-ethyl adjacent to an activating group) is 1. The second-order valence-electron chi connectivity index (χ2n) is 8.39. The third kappa shape index (κ3) is 2.58. The Morgan fingerprint density at radius 3 is 2.45 bits per heavy atom. The van der Waals surface area contributed by atoms with Crippen molar-refractivity contribution in [3.8, 4) is 0 Å². The molecule has 0 saturated carbocycles. The fourth-order valence-electron chi connectivity index (χ4n) is 4.85. The van der Waals surface area contributed by atoms with Crippen molar-refractivity contribution in [2.24, 2.45) is 4.99 Å². The summed E-state index contributed by atoms with van der Waals surface area (Å²) in [6.45, 7) is 13.3. The molecule has 0 aromatic heterocycles. The maximum Gasteiger partial charge on any atom is 0.202 e. The van der Waals surface area contributed by atoms with Gasteiger partial charge in [0.2, 0.25) is 5.78 Å². The lowest BCUT2D eigenvalue weighted by Crippen LogP contribution is -2.29. The second-order valence-corrected chi connectivity index (χ2v) is 8.39. The highest BCUT2D eigenvalue weighted by molar-refractivity contribution is 6.22. The van der Waals surface area contributed by atoms with Gasteiger partial charge >= 0.3 is 0 Å². The third-order valence-electron chi connectivity index (χ3n) is 6.47. The van der Waals surface area contributed by atoms with Crippen LogP contribution >= 0.6 is 0 Å². The molecule has 0 bridgehead atoms. The Hall–Kier alpha value is -2.88. The highest BCUT2D eigenvalue weighted by atomic mass is 16.3. The van der Waals surface area contributed by atoms with Gasteiger partial charge in [0.05, 0.1) is 16.8 Å². The molecular formula is C25H28N2O2. The van der Waals surface area contributed by atoms with Gasteiger partial charge in [0.1, 0.15) is 5.76 Å². The first-order chi connectivity index (χ1) is 13.7. The Balaban J connectivity index is 1.82. The largest absolute Gasteiger partial charge is 0.506 e. The van der Waals surface area contributed by atoms with E-state index in [9.17, 15) is 9.90 Å². The van der Waals surface area contributed by atoms with Crippen LogP contribution in [0, 0.1) is 0 Å². The monoisotopic (exact) mass is 388 g/mol. The quantitative estimate of drug-likeness (QED) is 0.692. The Bertz CT molecular complexity index is 1090. The number of carbonyl (C=O) groups excluding carboxylic acids is 1. The number of aliphatic hydroxyl groups is 1. The van der Waals surface area contributed by atoms with Crippen LogP contribution in [0.1, 0.15) is 53.5 Å². The van der Waals surface area contributed by atoms with Crippen molar-refractivity contribution in [2.75, 3.05) is 11.4 Å². The van der Waals surface area contributed by atoms with Gasteiger partial charge in [0.15, 0.2) is 0 Å². The van der Waals surface area contributed by atoms with E-state index in [1.54, 1.807) is 0 Å². The first-order valence-electron chi connectivity index (χ1n) is 10.3. The van der Waals surface area contributed by atoms with Gasteiger partial charge in [-0.3, -0.25) is 9.79 Å². The first kappa shape index (κ1) is 19.4. The smallest absolute Gasteiger partial charge is 0.202 e. The van der Waals surface area contributed by atoms with Crippen LogP contribution in [0.2, 0.25) is 0 Å². The van der Waals surface area contributed by atoms with Gasteiger partial charge < -0.3 is 10.0 Å². The lowest BCUT2D eigenvalue weighted by molar-refractivity contribution is -0.113.